The van der Waals surface area contributed by atoms with Crippen LogP contribution >= 0.6 is 0 Å². The molecule has 0 saturated heterocycles. The van der Waals surface area contributed by atoms with Gasteiger partial charge >= 0.3 is 53.0 Å². The number of carboxylic acid groups (broad SMARTS) is 2. The van der Waals surface area contributed by atoms with E-state index in [1.165, 1.54) is 14.1 Å². The molecule has 8 nitrogen and oxygen atoms in total. The highest BCUT2D eigenvalue weighted by Gasteiger charge is 2.94. The second kappa shape index (κ2) is 12.0. The maximum absolute atomic E-state index is 14.5. The summed E-state index contributed by atoms with van der Waals surface area (Å²) in [6, 6.07) is 0. The second-order valence-electron chi connectivity index (χ2n) is 9.31. The van der Waals surface area contributed by atoms with E-state index in [4.69, 9.17) is 10.2 Å². The van der Waals surface area contributed by atoms with Crippen LogP contribution in [0.5, 0.6) is 0 Å². The monoisotopic (exact) mass is 679 g/mol. The first-order valence-corrected chi connectivity index (χ1v) is 12.2. The number of quaternary nitrogens is 1. The zero-order valence-corrected chi connectivity index (χ0v) is 21.8. The largest absolute Gasteiger partial charge is 0.481 e. The lowest BCUT2D eigenvalue weighted by atomic mass is 9.94. The molecule has 0 unspecified atom stereocenters. The molecule has 0 rings (SSSR count). The summed E-state index contributed by atoms with van der Waals surface area (Å²) in [6.07, 6.45) is -10.7. The highest BCUT2D eigenvalue weighted by molar-refractivity contribution is 7.90. The van der Waals surface area contributed by atoms with Gasteiger partial charge in [0.2, 0.25) is 0 Å². The Morgan fingerprint density at radius 1 is 0.619 bits per heavy atom. The number of sulfonamides is 1. The number of aliphatic carboxylic acids is 2. The zero-order valence-electron chi connectivity index (χ0n) is 20.9. The molecule has 24 heteroatoms. The second-order valence-corrected chi connectivity index (χ2v) is 11.3. The predicted molar refractivity (Wildman–Crippen MR) is 107 cm³/mol. The third-order valence-electron chi connectivity index (χ3n) is 5.64. The summed E-state index contributed by atoms with van der Waals surface area (Å²) in [5.41, 5.74) is 0. The molecule has 42 heavy (non-hydrogen) atoms. The number of hydrogen-bond acceptors (Lipinski definition) is 4. The Morgan fingerprint density at radius 3 is 1.38 bits per heavy atom. The van der Waals surface area contributed by atoms with E-state index in [2.05, 4.69) is 0 Å². The third kappa shape index (κ3) is 7.10. The van der Waals surface area contributed by atoms with Gasteiger partial charge in [0, 0.05) is 19.5 Å². The molecular formula is C18H22F15N2O6S+. The van der Waals surface area contributed by atoms with Crippen molar-refractivity contribution < 1.29 is 98.6 Å². The molecule has 0 spiro atoms. The van der Waals surface area contributed by atoms with E-state index in [-0.39, 0.29) is 11.0 Å². The van der Waals surface area contributed by atoms with Gasteiger partial charge < -0.3 is 14.7 Å². The number of carbonyl (C=O) groups is 2. The number of rotatable bonds is 17. The summed E-state index contributed by atoms with van der Waals surface area (Å²) in [4.78, 5) is 21.4. The zero-order chi connectivity index (χ0) is 34.2. The van der Waals surface area contributed by atoms with E-state index >= 15 is 0 Å². The van der Waals surface area contributed by atoms with Crippen molar-refractivity contribution in [2.45, 2.75) is 60.3 Å². The maximum atomic E-state index is 14.5. The molecule has 0 amide bonds. The van der Waals surface area contributed by atoms with Gasteiger partial charge in [-0.3, -0.25) is 9.59 Å². The smallest absolute Gasteiger partial charge is 0.460 e. The van der Waals surface area contributed by atoms with Crippen LogP contribution in [0.1, 0.15) is 19.3 Å². The molecule has 0 atom stereocenters. The molecule has 0 aromatic carbocycles. The van der Waals surface area contributed by atoms with Crippen molar-refractivity contribution in [3.05, 3.63) is 0 Å². The van der Waals surface area contributed by atoms with E-state index in [1.807, 2.05) is 0 Å². The first-order valence-electron chi connectivity index (χ1n) is 10.8. The van der Waals surface area contributed by atoms with Gasteiger partial charge in [0.1, 0.15) is 0 Å². The Labute approximate surface area is 226 Å². The maximum Gasteiger partial charge on any atom is 0.460 e. The van der Waals surface area contributed by atoms with Crippen LogP contribution in [0, 0.1) is 0 Å². The molecule has 0 radical (unpaired) electrons. The summed E-state index contributed by atoms with van der Waals surface area (Å²) in [5.74, 6) is -45.9. The fraction of sp³-hybridized carbons (Fsp3) is 0.889. The van der Waals surface area contributed by atoms with Gasteiger partial charge in [-0.2, -0.15) is 70.2 Å². The van der Waals surface area contributed by atoms with Gasteiger partial charge in [-0.05, 0) is 0 Å². The summed E-state index contributed by atoms with van der Waals surface area (Å²) < 4.78 is 225. The van der Waals surface area contributed by atoms with Crippen LogP contribution in [0.2, 0.25) is 0 Å². The average molecular weight is 679 g/mol. The highest BCUT2D eigenvalue weighted by Crippen LogP contribution is 2.63. The van der Waals surface area contributed by atoms with Crippen LogP contribution in [0.4, 0.5) is 65.9 Å². The molecule has 0 aromatic rings. The summed E-state index contributed by atoms with van der Waals surface area (Å²) in [7, 11) is -5.00. The minimum atomic E-state index is -8.70. The SMILES string of the molecule is C[N+](C)(CCCN(CCC(=O)O)S(=O)(=O)C(F)(F)C(F)(F)C(F)(F)C(F)(F)C(F)(F)C(F)(F)C(F)(F)F)CCC(=O)O. The molecular weight excluding hydrogens is 657 g/mol. The first-order chi connectivity index (χ1) is 18.2. The number of halogens is 15. The van der Waals surface area contributed by atoms with E-state index in [0.717, 1.165) is 0 Å². The van der Waals surface area contributed by atoms with Gasteiger partial charge in [-0.15, -0.1) is 0 Å². The molecule has 0 aliphatic rings. The number of hydrogen-bond donors (Lipinski definition) is 2. The van der Waals surface area contributed by atoms with Crippen LogP contribution in [0.25, 0.3) is 0 Å². The van der Waals surface area contributed by atoms with E-state index in [1.54, 1.807) is 0 Å². The molecule has 0 bridgehead atoms. The Bertz CT molecular complexity index is 1090. The topological polar surface area (TPSA) is 112 Å². The summed E-state index contributed by atoms with van der Waals surface area (Å²) >= 11 is 0. The molecule has 0 aliphatic carbocycles. The molecule has 0 aliphatic heterocycles. The fourth-order valence-electron chi connectivity index (χ4n) is 3.03. The van der Waals surface area contributed by atoms with Crippen molar-refractivity contribution in [2.24, 2.45) is 0 Å². The van der Waals surface area contributed by atoms with Crippen molar-refractivity contribution in [3.63, 3.8) is 0 Å². The minimum Gasteiger partial charge on any atom is -0.481 e. The average Bonchev–Trinajstić information content (AvgIpc) is 2.78. The molecule has 0 heterocycles. The minimum absolute atomic E-state index is 0.233. The quantitative estimate of drug-likeness (QED) is 0.175. The van der Waals surface area contributed by atoms with Crippen LogP contribution in [0.15, 0.2) is 0 Å². The van der Waals surface area contributed by atoms with Crippen LogP contribution in [-0.4, -0.2) is 121 Å². The van der Waals surface area contributed by atoms with Crippen LogP contribution in [-0.2, 0) is 19.6 Å². The predicted octanol–water partition coefficient (Wildman–Crippen LogP) is 4.37. The van der Waals surface area contributed by atoms with E-state index in [0.29, 0.717) is 0 Å². The molecule has 0 fully saturated rings. The normalized spacial score (nSPS) is 15.3. The van der Waals surface area contributed by atoms with Crippen LogP contribution < -0.4 is 0 Å². The number of carboxylic acids is 2. The van der Waals surface area contributed by atoms with Gasteiger partial charge in [0.15, 0.2) is 0 Å². The Morgan fingerprint density at radius 2 is 1.00 bits per heavy atom. The summed E-state index contributed by atoms with van der Waals surface area (Å²) in [6.45, 7) is -3.90. The Balaban J connectivity index is 6.69. The van der Waals surface area contributed by atoms with E-state index in [9.17, 15) is 83.9 Å². The molecule has 250 valence electrons. The lowest BCUT2D eigenvalue weighted by Crippen LogP contribution is -2.73. The van der Waals surface area contributed by atoms with Gasteiger partial charge in [-0.1, -0.05) is 0 Å². The summed E-state index contributed by atoms with van der Waals surface area (Å²) in [5, 5.41) is 9.67. The lowest BCUT2D eigenvalue weighted by Gasteiger charge is -2.41. The standard InChI is InChI=1S/C18H21F15N2O6S/c1-35(2,9-5-11(38)39)8-3-6-34(7-4-10(36)37)42(40,41)18(32,33)16(27,28)14(23,24)12(19,20)13(21,22)15(25,26)17(29,30)31/h3-9H2,1-2H3,(H-,36,37,38,39)/p+1. The van der Waals surface area contributed by atoms with Crippen molar-refractivity contribution in [1.29, 1.82) is 0 Å². The van der Waals surface area contributed by atoms with Gasteiger partial charge in [0.25, 0.3) is 10.0 Å². The number of nitrogens with zero attached hydrogens (tertiary/aromatic N) is 2. The number of alkyl halides is 15. The van der Waals surface area contributed by atoms with Gasteiger partial charge in [0.05, 0.1) is 40.0 Å². The Kier molecular flexibility index (Phi) is 11.4. The first kappa shape index (κ1) is 39.8. The molecule has 0 saturated carbocycles. The fourth-order valence-corrected chi connectivity index (χ4v) is 4.51. The lowest BCUT2D eigenvalue weighted by molar-refractivity contribution is -0.889. The molecule has 0 aromatic heterocycles. The van der Waals surface area contributed by atoms with Crippen molar-refractivity contribution in [1.82, 2.24) is 4.31 Å². The third-order valence-corrected chi connectivity index (χ3v) is 7.59. The van der Waals surface area contributed by atoms with Crippen molar-refractivity contribution in [3.8, 4) is 0 Å². The van der Waals surface area contributed by atoms with Crippen molar-refractivity contribution >= 4 is 22.0 Å². The van der Waals surface area contributed by atoms with E-state index < -0.39 is 106 Å². The molecule has 2 N–H and O–H groups in total. The van der Waals surface area contributed by atoms with Crippen molar-refractivity contribution in [2.75, 3.05) is 40.3 Å². The highest BCUT2D eigenvalue weighted by atomic mass is 32.2. The Hall–Kier alpha value is -2.24. The van der Waals surface area contributed by atoms with Gasteiger partial charge in [-0.25, -0.2) is 8.42 Å². The van der Waals surface area contributed by atoms with Crippen LogP contribution in [0.3, 0.4) is 0 Å².